The van der Waals surface area contributed by atoms with Gasteiger partial charge in [-0.3, -0.25) is 4.90 Å². The van der Waals surface area contributed by atoms with Crippen LogP contribution in [0, 0.1) is 5.41 Å². The van der Waals surface area contributed by atoms with Gasteiger partial charge in [0.15, 0.2) is 9.84 Å². The van der Waals surface area contributed by atoms with Crippen molar-refractivity contribution in [2.24, 2.45) is 5.41 Å². The lowest BCUT2D eigenvalue weighted by molar-refractivity contribution is -0.141. The fourth-order valence-electron chi connectivity index (χ4n) is 5.61. The molecule has 8 heteroatoms. The Hall–Kier alpha value is -1.15. The van der Waals surface area contributed by atoms with Gasteiger partial charge in [-0.2, -0.15) is 13.2 Å². The molecule has 29 heavy (non-hydrogen) atoms. The lowest BCUT2D eigenvalue weighted by Gasteiger charge is -2.40. The van der Waals surface area contributed by atoms with Crippen LogP contribution in [0.1, 0.15) is 74.7 Å². The van der Waals surface area contributed by atoms with E-state index in [9.17, 15) is 21.6 Å². The Morgan fingerprint density at radius 2 is 1.79 bits per heavy atom. The van der Waals surface area contributed by atoms with Crippen molar-refractivity contribution < 1.29 is 21.6 Å². The van der Waals surface area contributed by atoms with Crippen molar-refractivity contribution in [2.45, 2.75) is 70.0 Å². The number of hydrogen-bond acceptors (Lipinski definition) is 4. The number of likely N-dealkylation sites (tertiary alicyclic amines) is 1. The van der Waals surface area contributed by atoms with Crippen molar-refractivity contribution in [3.8, 4) is 0 Å². The van der Waals surface area contributed by atoms with E-state index in [0.717, 1.165) is 56.8 Å². The molecule has 0 bridgehead atoms. The van der Waals surface area contributed by atoms with Crippen LogP contribution in [0.25, 0.3) is 0 Å². The second kappa shape index (κ2) is 7.22. The highest BCUT2D eigenvalue weighted by molar-refractivity contribution is 7.92. The van der Waals surface area contributed by atoms with Gasteiger partial charge in [-0.05, 0) is 62.1 Å². The highest BCUT2D eigenvalue weighted by Gasteiger charge is 2.53. The average Bonchev–Trinajstić information content (AvgIpc) is 3.04. The number of alkyl halides is 3. The first-order valence-electron chi connectivity index (χ1n) is 10.5. The SMILES string of the molecule is CC(C)c1nc(C(F)(F)F)ccc1C1CCC(N2CCC3(C2)CS(=O)(=O)C3)CC1. The van der Waals surface area contributed by atoms with Crippen molar-refractivity contribution >= 4 is 9.84 Å². The number of halogens is 3. The average molecular weight is 431 g/mol. The molecule has 4 rings (SSSR count). The van der Waals surface area contributed by atoms with Crippen molar-refractivity contribution in [1.82, 2.24) is 9.88 Å². The summed E-state index contributed by atoms with van der Waals surface area (Å²) >= 11 is 0. The minimum Gasteiger partial charge on any atom is -0.300 e. The predicted octanol–water partition coefficient (Wildman–Crippen LogP) is 4.37. The minimum absolute atomic E-state index is 0.0160. The Kier molecular flexibility index (Phi) is 5.25. The van der Waals surface area contributed by atoms with Crippen LogP contribution in [0.3, 0.4) is 0 Å². The summed E-state index contributed by atoms with van der Waals surface area (Å²) in [6, 6.07) is 3.22. The fraction of sp³-hybridized carbons (Fsp3) is 0.762. The minimum atomic E-state index is -4.42. The molecule has 1 aromatic rings. The first kappa shape index (κ1) is 21.1. The molecule has 0 N–H and O–H groups in total. The van der Waals surface area contributed by atoms with E-state index < -0.39 is 21.7 Å². The van der Waals surface area contributed by atoms with Crippen molar-refractivity contribution in [3.63, 3.8) is 0 Å². The summed E-state index contributed by atoms with van der Waals surface area (Å²) in [5, 5.41) is 0. The third-order valence-corrected chi connectivity index (χ3v) is 9.07. The van der Waals surface area contributed by atoms with Crippen LogP contribution in [0.5, 0.6) is 0 Å². The van der Waals surface area contributed by atoms with Gasteiger partial charge in [-0.1, -0.05) is 19.9 Å². The summed E-state index contributed by atoms with van der Waals surface area (Å²) in [4.78, 5) is 6.43. The Morgan fingerprint density at radius 3 is 2.34 bits per heavy atom. The zero-order valence-corrected chi connectivity index (χ0v) is 17.8. The highest BCUT2D eigenvalue weighted by Crippen LogP contribution is 2.45. The first-order valence-corrected chi connectivity index (χ1v) is 12.3. The number of hydrogen-bond donors (Lipinski definition) is 0. The predicted molar refractivity (Wildman–Crippen MR) is 106 cm³/mol. The summed E-state index contributed by atoms with van der Waals surface area (Å²) in [6.45, 7) is 5.63. The second-order valence-corrected chi connectivity index (χ2v) is 11.6. The van der Waals surface area contributed by atoms with Gasteiger partial charge in [-0.25, -0.2) is 13.4 Å². The maximum atomic E-state index is 13.1. The molecule has 0 aromatic carbocycles. The Balaban J connectivity index is 1.41. The van der Waals surface area contributed by atoms with Gasteiger partial charge in [0, 0.05) is 23.7 Å². The fourth-order valence-corrected chi connectivity index (χ4v) is 7.86. The Morgan fingerprint density at radius 1 is 1.14 bits per heavy atom. The van der Waals surface area contributed by atoms with E-state index in [1.54, 1.807) is 6.07 Å². The molecule has 3 fully saturated rings. The normalized spacial score (nSPS) is 29.3. The topological polar surface area (TPSA) is 50.3 Å². The maximum absolute atomic E-state index is 13.1. The molecule has 1 aliphatic carbocycles. The number of rotatable bonds is 3. The Labute approximate surface area is 170 Å². The van der Waals surface area contributed by atoms with Crippen LogP contribution < -0.4 is 0 Å². The van der Waals surface area contributed by atoms with Crippen molar-refractivity contribution in [1.29, 1.82) is 0 Å². The van der Waals surface area contributed by atoms with Crippen LogP contribution in [-0.4, -0.2) is 48.9 Å². The second-order valence-electron chi connectivity index (χ2n) is 9.58. The van der Waals surface area contributed by atoms with E-state index in [2.05, 4.69) is 9.88 Å². The van der Waals surface area contributed by atoms with E-state index in [-0.39, 0.29) is 17.3 Å². The summed E-state index contributed by atoms with van der Waals surface area (Å²) in [5.74, 6) is 0.866. The molecule has 0 amide bonds. The third kappa shape index (κ3) is 4.20. The molecule has 1 aromatic heterocycles. The molecule has 2 saturated heterocycles. The van der Waals surface area contributed by atoms with Crippen molar-refractivity contribution in [2.75, 3.05) is 24.6 Å². The number of aromatic nitrogens is 1. The van der Waals surface area contributed by atoms with E-state index in [0.29, 0.717) is 23.2 Å². The van der Waals surface area contributed by atoms with Crippen molar-refractivity contribution in [3.05, 3.63) is 29.1 Å². The molecule has 3 heterocycles. The number of sulfone groups is 1. The van der Waals surface area contributed by atoms with Gasteiger partial charge in [0.1, 0.15) is 5.69 Å². The Bertz CT molecular complexity index is 862. The van der Waals surface area contributed by atoms with Crippen LogP contribution >= 0.6 is 0 Å². The summed E-state index contributed by atoms with van der Waals surface area (Å²) in [6.07, 6.45) is 0.448. The van der Waals surface area contributed by atoms with Crippen LogP contribution in [0.2, 0.25) is 0 Å². The molecule has 0 atom stereocenters. The monoisotopic (exact) mass is 430 g/mol. The lowest BCUT2D eigenvalue weighted by Crippen LogP contribution is -2.51. The molecule has 1 saturated carbocycles. The quantitative estimate of drug-likeness (QED) is 0.715. The van der Waals surface area contributed by atoms with Crippen LogP contribution in [-0.2, 0) is 16.0 Å². The number of pyridine rings is 1. The molecule has 0 radical (unpaired) electrons. The van der Waals surface area contributed by atoms with E-state index in [4.69, 9.17) is 0 Å². The molecular formula is C21H29F3N2O2S. The zero-order valence-electron chi connectivity index (χ0n) is 17.0. The van der Waals surface area contributed by atoms with E-state index in [1.165, 1.54) is 0 Å². The van der Waals surface area contributed by atoms with Gasteiger partial charge in [-0.15, -0.1) is 0 Å². The molecule has 4 nitrogen and oxygen atoms in total. The number of nitrogens with zero attached hydrogens (tertiary/aromatic N) is 2. The van der Waals surface area contributed by atoms with E-state index in [1.807, 2.05) is 13.8 Å². The van der Waals surface area contributed by atoms with Gasteiger partial charge >= 0.3 is 6.18 Å². The summed E-state index contributed by atoms with van der Waals surface area (Å²) < 4.78 is 62.4. The smallest absolute Gasteiger partial charge is 0.300 e. The molecule has 162 valence electrons. The van der Waals surface area contributed by atoms with Gasteiger partial charge in [0.2, 0.25) is 0 Å². The largest absolute Gasteiger partial charge is 0.433 e. The van der Waals surface area contributed by atoms with Crippen LogP contribution in [0.15, 0.2) is 12.1 Å². The summed E-state index contributed by atoms with van der Waals surface area (Å²) in [7, 11) is -2.81. The van der Waals surface area contributed by atoms with E-state index >= 15 is 0 Å². The molecule has 2 aliphatic heterocycles. The maximum Gasteiger partial charge on any atom is 0.433 e. The van der Waals surface area contributed by atoms with Crippen LogP contribution in [0.4, 0.5) is 13.2 Å². The molecular weight excluding hydrogens is 401 g/mol. The molecule has 0 unspecified atom stereocenters. The lowest BCUT2D eigenvalue weighted by atomic mass is 9.79. The van der Waals surface area contributed by atoms with Gasteiger partial charge in [0.05, 0.1) is 11.5 Å². The summed E-state index contributed by atoms with van der Waals surface area (Å²) in [5.41, 5.74) is 0.714. The first-order chi connectivity index (χ1) is 13.5. The standard InChI is InChI=1S/C21H29F3N2O2S/c1-14(2)19-17(7-8-18(25-19)21(22,23)24)15-3-5-16(6-4-15)26-10-9-20(11-26)12-29(27,28)13-20/h7-8,14-16H,3-6,9-13H2,1-2H3. The zero-order chi connectivity index (χ0) is 21.0. The third-order valence-electron chi connectivity index (χ3n) is 6.97. The molecule has 1 spiro atoms. The van der Waals surface area contributed by atoms with Gasteiger partial charge in [0.25, 0.3) is 0 Å². The highest BCUT2D eigenvalue weighted by atomic mass is 32.2. The molecule has 3 aliphatic rings. The van der Waals surface area contributed by atoms with Gasteiger partial charge < -0.3 is 0 Å².